The number of rotatable bonds is 4. The first-order chi connectivity index (χ1) is 8.49. The van der Waals surface area contributed by atoms with Gasteiger partial charge in [-0.2, -0.15) is 5.10 Å². The fourth-order valence-electron chi connectivity index (χ4n) is 1.68. The van der Waals surface area contributed by atoms with Gasteiger partial charge in [-0.15, -0.1) is 11.3 Å². The van der Waals surface area contributed by atoms with Crippen LogP contribution in [0.4, 0.5) is 11.5 Å². The number of aryl methyl sites for hydroxylation is 2. The molecule has 1 N–H and O–H groups in total. The molecule has 2 aromatic heterocycles. The molecule has 0 aromatic carbocycles. The fourth-order valence-corrected chi connectivity index (χ4v) is 3.07. The van der Waals surface area contributed by atoms with Crippen LogP contribution in [0.25, 0.3) is 0 Å². The Morgan fingerprint density at radius 1 is 1.67 bits per heavy atom. The molecule has 0 amide bonds. The monoisotopic (exact) mass is 330 g/mol. The number of aromatic nitrogens is 2. The van der Waals surface area contributed by atoms with Gasteiger partial charge in [-0.3, -0.25) is 10.1 Å². The molecule has 0 atom stereocenters. The lowest BCUT2D eigenvalue weighted by atomic mass is 10.3. The maximum Gasteiger partial charge on any atom is 0.333 e. The zero-order valence-corrected chi connectivity index (χ0v) is 12.2. The van der Waals surface area contributed by atoms with Crippen LogP contribution in [-0.2, 0) is 13.6 Å². The largest absolute Gasteiger partial charge is 0.360 e. The second kappa shape index (κ2) is 5.07. The Morgan fingerprint density at radius 2 is 2.39 bits per heavy atom. The highest BCUT2D eigenvalue weighted by molar-refractivity contribution is 9.10. The molecule has 8 heteroatoms. The maximum atomic E-state index is 11.0. The summed E-state index contributed by atoms with van der Waals surface area (Å²) in [6, 6.07) is 1.98. The fraction of sp³-hybridized carbons (Fsp3) is 0.300. The van der Waals surface area contributed by atoms with E-state index < -0.39 is 4.92 Å². The van der Waals surface area contributed by atoms with Crippen molar-refractivity contribution in [3.8, 4) is 0 Å². The maximum absolute atomic E-state index is 11.0. The lowest BCUT2D eigenvalue weighted by Crippen LogP contribution is -2.05. The van der Waals surface area contributed by atoms with Crippen molar-refractivity contribution < 1.29 is 4.92 Å². The molecule has 0 bridgehead atoms. The SMILES string of the molecule is Cc1nn(C)c(NCc2cc(Br)cs2)c1[N+](=O)[O-]. The van der Waals surface area contributed by atoms with Crippen molar-refractivity contribution >= 4 is 38.8 Å². The van der Waals surface area contributed by atoms with Gasteiger partial charge in [0.25, 0.3) is 0 Å². The summed E-state index contributed by atoms with van der Waals surface area (Å²) < 4.78 is 2.51. The van der Waals surface area contributed by atoms with Crippen molar-refractivity contribution in [3.05, 3.63) is 36.6 Å². The molecule has 0 aliphatic carbocycles. The molecule has 2 aromatic rings. The van der Waals surface area contributed by atoms with Crippen LogP contribution in [0.15, 0.2) is 15.9 Å². The topological polar surface area (TPSA) is 73.0 Å². The molecule has 0 spiro atoms. The molecule has 0 fully saturated rings. The van der Waals surface area contributed by atoms with E-state index in [0.29, 0.717) is 18.1 Å². The van der Waals surface area contributed by atoms with Crippen LogP contribution in [0.2, 0.25) is 0 Å². The summed E-state index contributed by atoms with van der Waals surface area (Å²) in [5.74, 6) is 0.432. The Kier molecular flexibility index (Phi) is 3.67. The standard InChI is InChI=1S/C10H11BrN4O2S/c1-6-9(15(16)17)10(14(2)13-6)12-4-8-3-7(11)5-18-8/h3,5,12H,4H2,1-2H3. The first-order valence-corrected chi connectivity index (χ1v) is 6.81. The van der Waals surface area contributed by atoms with E-state index in [9.17, 15) is 10.1 Å². The van der Waals surface area contributed by atoms with Crippen LogP contribution in [0.3, 0.4) is 0 Å². The van der Waals surface area contributed by atoms with Crippen LogP contribution >= 0.6 is 27.3 Å². The Morgan fingerprint density at radius 3 is 2.94 bits per heavy atom. The first kappa shape index (κ1) is 13.0. The smallest absolute Gasteiger partial charge is 0.333 e. The first-order valence-electron chi connectivity index (χ1n) is 5.14. The second-order valence-corrected chi connectivity index (χ2v) is 5.66. The quantitative estimate of drug-likeness (QED) is 0.690. The Hall–Kier alpha value is -1.41. The summed E-state index contributed by atoms with van der Waals surface area (Å²) in [7, 11) is 1.69. The summed E-state index contributed by atoms with van der Waals surface area (Å²) in [4.78, 5) is 11.7. The zero-order valence-electron chi connectivity index (χ0n) is 9.81. The van der Waals surface area contributed by atoms with E-state index >= 15 is 0 Å². The second-order valence-electron chi connectivity index (χ2n) is 3.75. The van der Waals surface area contributed by atoms with E-state index in [-0.39, 0.29) is 5.69 Å². The number of anilines is 1. The molecule has 0 aliphatic heterocycles. The summed E-state index contributed by atoms with van der Waals surface area (Å²) >= 11 is 4.96. The average molecular weight is 331 g/mol. The number of halogens is 1. The van der Waals surface area contributed by atoms with Crippen LogP contribution in [-0.4, -0.2) is 14.7 Å². The number of nitrogens with one attached hydrogen (secondary N) is 1. The molecule has 6 nitrogen and oxygen atoms in total. The Bertz CT molecular complexity index is 593. The third-order valence-corrected chi connectivity index (χ3v) is 4.12. The third kappa shape index (κ3) is 2.54. The molecule has 96 valence electrons. The number of hydrogen-bond acceptors (Lipinski definition) is 5. The van der Waals surface area contributed by atoms with E-state index in [4.69, 9.17) is 0 Å². The van der Waals surface area contributed by atoms with E-state index in [1.807, 2.05) is 11.4 Å². The van der Waals surface area contributed by atoms with Crippen LogP contribution in [0.1, 0.15) is 10.6 Å². The van der Waals surface area contributed by atoms with Gasteiger partial charge < -0.3 is 5.32 Å². The van der Waals surface area contributed by atoms with E-state index in [0.717, 1.165) is 9.35 Å². The van der Waals surface area contributed by atoms with Crippen molar-refractivity contribution in [1.29, 1.82) is 0 Å². The highest BCUT2D eigenvalue weighted by Crippen LogP contribution is 2.28. The molecular formula is C10H11BrN4O2S. The van der Waals surface area contributed by atoms with Gasteiger partial charge in [0, 0.05) is 21.8 Å². The third-order valence-electron chi connectivity index (χ3n) is 2.43. The van der Waals surface area contributed by atoms with Gasteiger partial charge in [0.15, 0.2) is 0 Å². The number of hydrogen-bond donors (Lipinski definition) is 1. The molecular weight excluding hydrogens is 320 g/mol. The average Bonchev–Trinajstić information content (AvgIpc) is 2.79. The summed E-state index contributed by atoms with van der Waals surface area (Å²) in [6.45, 7) is 2.17. The van der Waals surface area contributed by atoms with Gasteiger partial charge >= 0.3 is 5.69 Å². The predicted octanol–water partition coefficient (Wildman–Crippen LogP) is 3.07. The Labute approximate surface area is 116 Å². The van der Waals surface area contributed by atoms with Crippen molar-refractivity contribution in [2.75, 3.05) is 5.32 Å². The number of nitrogens with zero attached hydrogens (tertiary/aromatic N) is 3. The summed E-state index contributed by atoms with van der Waals surface area (Å²) in [5.41, 5.74) is 0.450. The highest BCUT2D eigenvalue weighted by atomic mass is 79.9. The molecule has 0 radical (unpaired) electrons. The molecule has 0 saturated heterocycles. The number of nitro groups is 1. The lowest BCUT2D eigenvalue weighted by Gasteiger charge is -2.04. The normalized spacial score (nSPS) is 10.6. The van der Waals surface area contributed by atoms with Gasteiger partial charge in [-0.25, -0.2) is 4.68 Å². The van der Waals surface area contributed by atoms with Crippen LogP contribution in [0.5, 0.6) is 0 Å². The lowest BCUT2D eigenvalue weighted by molar-refractivity contribution is -0.384. The van der Waals surface area contributed by atoms with Crippen molar-refractivity contribution in [3.63, 3.8) is 0 Å². The summed E-state index contributed by atoms with van der Waals surface area (Å²) in [5, 5.41) is 20.1. The van der Waals surface area contributed by atoms with E-state index in [1.54, 1.807) is 25.3 Å². The zero-order chi connectivity index (χ0) is 13.3. The molecule has 18 heavy (non-hydrogen) atoms. The van der Waals surface area contributed by atoms with Crippen molar-refractivity contribution in [1.82, 2.24) is 9.78 Å². The number of thiophene rings is 1. The Balaban J connectivity index is 2.21. The van der Waals surface area contributed by atoms with Crippen molar-refractivity contribution in [2.24, 2.45) is 7.05 Å². The molecule has 2 rings (SSSR count). The molecule has 2 heterocycles. The van der Waals surface area contributed by atoms with Crippen LogP contribution < -0.4 is 5.32 Å². The van der Waals surface area contributed by atoms with Gasteiger partial charge in [0.2, 0.25) is 5.82 Å². The minimum absolute atomic E-state index is 0.0353. The van der Waals surface area contributed by atoms with Gasteiger partial charge in [-0.05, 0) is 28.9 Å². The highest BCUT2D eigenvalue weighted by Gasteiger charge is 2.23. The van der Waals surface area contributed by atoms with Crippen molar-refractivity contribution in [2.45, 2.75) is 13.5 Å². The predicted molar refractivity (Wildman–Crippen MR) is 73.9 cm³/mol. The van der Waals surface area contributed by atoms with Gasteiger partial charge in [0.05, 0.1) is 11.5 Å². The minimum Gasteiger partial charge on any atom is -0.360 e. The van der Waals surface area contributed by atoms with Crippen LogP contribution in [0, 0.1) is 17.0 Å². The van der Waals surface area contributed by atoms with Gasteiger partial charge in [-0.1, -0.05) is 0 Å². The molecule has 0 saturated carbocycles. The van der Waals surface area contributed by atoms with E-state index in [1.165, 1.54) is 4.68 Å². The summed E-state index contributed by atoms with van der Waals surface area (Å²) in [6.07, 6.45) is 0. The molecule has 0 unspecified atom stereocenters. The van der Waals surface area contributed by atoms with E-state index in [2.05, 4.69) is 26.3 Å². The molecule has 0 aliphatic rings. The minimum atomic E-state index is -0.408. The van der Waals surface area contributed by atoms with Gasteiger partial charge in [0.1, 0.15) is 5.69 Å².